The fourth-order valence-electron chi connectivity index (χ4n) is 3.15. The third kappa shape index (κ3) is 3.22. The first-order chi connectivity index (χ1) is 8.88. The van der Waals surface area contributed by atoms with Crippen molar-refractivity contribution >= 4 is 28.3 Å². The van der Waals surface area contributed by atoms with Crippen molar-refractivity contribution in [3.8, 4) is 0 Å². The topological polar surface area (TPSA) is 0 Å². The Hall–Kier alpha value is -0.761. The van der Waals surface area contributed by atoms with Crippen molar-refractivity contribution in [3.63, 3.8) is 0 Å². The molecule has 2 rings (SSSR count). The van der Waals surface area contributed by atoms with Crippen molar-refractivity contribution < 1.29 is 0 Å². The van der Waals surface area contributed by atoms with Gasteiger partial charge in [0, 0.05) is 0 Å². The third-order valence-corrected chi connectivity index (χ3v) is 12.4. The SMILES string of the molecule is Cc1cc(C)[c]([SnH2][c]2c(C)cc(C)cc2C)c(C)c1. The van der Waals surface area contributed by atoms with Crippen LogP contribution in [0.1, 0.15) is 33.4 Å². The zero-order chi connectivity index (χ0) is 14.2. The molecular formula is C18H24Sn. The Kier molecular flexibility index (Phi) is 4.39. The van der Waals surface area contributed by atoms with E-state index in [0.29, 0.717) is 0 Å². The molecule has 0 aromatic heterocycles. The van der Waals surface area contributed by atoms with Crippen LogP contribution in [-0.2, 0) is 0 Å². The molecule has 1 heteroatoms. The molecule has 0 bridgehead atoms. The molecule has 0 fully saturated rings. The summed E-state index contributed by atoms with van der Waals surface area (Å²) in [5.74, 6) is 0. The van der Waals surface area contributed by atoms with E-state index in [9.17, 15) is 0 Å². The molecule has 2 aromatic carbocycles. The molecule has 0 amide bonds. The number of hydrogen-bond acceptors (Lipinski definition) is 0. The summed E-state index contributed by atoms with van der Waals surface area (Å²) in [5.41, 5.74) is 8.81. The van der Waals surface area contributed by atoms with Crippen LogP contribution in [0.4, 0.5) is 0 Å². The van der Waals surface area contributed by atoms with E-state index in [1.165, 1.54) is 33.4 Å². The van der Waals surface area contributed by atoms with E-state index in [1.807, 2.05) is 0 Å². The van der Waals surface area contributed by atoms with Crippen LogP contribution in [-0.4, -0.2) is 21.1 Å². The third-order valence-electron chi connectivity index (χ3n) is 4.03. The fraction of sp³-hybridized carbons (Fsp3) is 0.333. The van der Waals surface area contributed by atoms with Crippen LogP contribution in [0.25, 0.3) is 0 Å². The Morgan fingerprint density at radius 3 is 1.05 bits per heavy atom. The summed E-state index contributed by atoms with van der Waals surface area (Å²) in [6.07, 6.45) is 0. The molecule has 0 nitrogen and oxygen atoms in total. The van der Waals surface area contributed by atoms with Crippen LogP contribution in [0.3, 0.4) is 0 Å². The minimum atomic E-state index is -1.12. The number of rotatable bonds is 2. The zero-order valence-electron chi connectivity index (χ0n) is 13.0. The summed E-state index contributed by atoms with van der Waals surface area (Å²) >= 11 is -1.12. The van der Waals surface area contributed by atoms with Gasteiger partial charge in [-0.3, -0.25) is 0 Å². The molecule has 0 aliphatic heterocycles. The molecule has 0 aliphatic carbocycles. The predicted molar refractivity (Wildman–Crippen MR) is 89.1 cm³/mol. The zero-order valence-corrected chi connectivity index (χ0v) is 17.1. The van der Waals surface area contributed by atoms with Gasteiger partial charge >= 0.3 is 127 Å². The molecule has 0 saturated heterocycles. The van der Waals surface area contributed by atoms with Gasteiger partial charge in [-0.05, 0) is 0 Å². The van der Waals surface area contributed by atoms with Gasteiger partial charge in [-0.1, -0.05) is 0 Å². The van der Waals surface area contributed by atoms with Gasteiger partial charge in [0.2, 0.25) is 0 Å². The van der Waals surface area contributed by atoms with Crippen molar-refractivity contribution in [2.45, 2.75) is 41.5 Å². The summed E-state index contributed by atoms with van der Waals surface area (Å²) in [5, 5.41) is 0. The van der Waals surface area contributed by atoms with Crippen molar-refractivity contribution in [1.82, 2.24) is 0 Å². The van der Waals surface area contributed by atoms with Crippen LogP contribution in [0.5, 0.6) is 0 Å². The first kappa shape index (κ1) is 14.6. The van der Waals surface area contributed by atoms with E-state index in [2.05, 4.69) is 65.8 Å². The number of hydrogen-bond donors (Lipinski definition) is 0. The fourth-order valence-corrected chi connectivity index (χ4v) is 8.51. The van der Waals surface area contributed by atoms with E-state index >= 15 is 0 Å². The minimum absolute atomic E-state index is 1.12. The van der Waals surface area contributed by atoms with E-state index in [0.717, 1.165) is 0 Å². The summed E-state index contributed by atoms with van der Waals surface area (Å²) < 4.78 is 3.39. The Bertz CT molecular complexity index is 522. The van der Waals surface area contributed by atoms with Crippen LogP contribution in [0.2, 0.25) is 0 Å². The average molecular weight is 359 g/mol. The molecule has 0 saturated carbocycles. The molecule has 2 aromatic rings. The Morgan fingerprint density at radius 1 is 0.526 bits per heavy atom. The maximum absolute atomic E-state index is 2.35. The molecule has 19 heavy (non-hydrogen) atoms. The summed E-state index contributed by atoms with van der Waals surface area (Å²) in [7, 11) is 0. The molecule has 0 radical (unpaired) electrons. The van der Waals surface area contributed by atoms with Crippen LogP contribution < -0.4 is 7.16 Å². The van der Waals surface area contributed by atoms with Gasteiger partial charge in [-0.2, -0.15) is 0 Å². The number of aryl methyl sites for hydroxylation is 6. The van der Waals surface area contributed by atoms with Gasteiger partial charge < -0.3 is 0 Å². The maximum atomic E-state index is 2.35. The monoisotopic (exact) mass is 360 g/mol. The standard InChI is InChI=1S/2C9H11.Sn.2H/c2*1-7-4-8(2)6-9(3)5-7;;;/h2*4-5H,1-3H3;;;. The van der Waals surface area contributed by atoms with Crippen molar-refractivity contribution in [3.05, 3.63) is 57.6 Å². The molecule has 0 unspecified atom stereocenters. The summed E-state index contributed by atoms with van der Waals surface area (Å²) in [4.78, 5) is 0. The molecule has 0 N–H and O–H groups in total. The van der Waals surface area contributed by atoms with Gasteiger partial charge in [0.05, 0.1) is 0 Å². The summed E-state index contributed by atoms with van der Waals surface area (Å²) in [6, 6.07) is 9.38. The van der Waals surface area contributed by atoms with Gasteiger partial charge in [-0.25, -0.2) is 0 Å². The van der Waals surface area contributed by atoms with Crippen LogP contribution in [0, 0.1) is 41.5 Å². The molecular weight excluding hydrogens is 335 g/mol. The van der Waals surface area contributed by atoms with Crippen LogP contribution in [0.15, 0.2) is 24.3 Å². The predicted octanol–water partition coefficient (Wildman–Crippen LogP) is 2.66. The summed E-state index contributed by atoms with van der Waals surface area (Å²) in [6.45, 7) is 13.5. The van der Waals surface area contributed by atoms with E-state index in [4.69, 9.17) is 0 Å². The second kappa shape index (κ2) is 5.70. The van der Waals surface area contributed by atoms with E-state index in [1.54, 1.807) is 7.16 Å². The average Bonchev–Trinajstić information content (AvgIpc) is 2.25. The Morgan fingerprint density at radius 2 is 0.789 bits per heavy atom. The molecule has 0 heterocycles. The second-order valence-corrected chi connectivity index (χ2v) is 11.0. The van der Waals surface area contributed by atoms with Gasteiger partial charge in [0.1, 0.15) is 0 Å². The van der Waals surface area contributed by atoms with Crippen LogP contribution >= 0.6 is 0 Å². The molecule has 0 spiro atoms. The first-order valence-corrected chi connectivity index (χ1v) is 11.1. The van der Waals surface area contributed by atoms with Gasteiger partial charge in [0.25, 0.3) is 0 Å². The van der Waals surface area contributed by atoms with E-state index < -0.39 is 21.1 Å². The quantitative estimate of drug-likeness (QED) is 0.724. The normalized spacial score (nSPS) is 10.8. The van der Waals surface area contributed by atoms with E-state index in [-0.39, 0.29) is 0 Å². The first-order valence-electron chi connectivity index (χ1n) is 7.02. The van der Waals surface area contributed by atoms with Crippen molar-refractivity contribution in [2.24, 2.45) is 0 Å². The van der Waals surface area contributed by atoms with Crippen molar-refractivity contribution in [1.29, 1.82) is 0 Å². The number of benzene rings is 2. The Balaban J connectivity index is 2.48. The van der Waals surface area contributed by atoms with Gasteiger partial charge in [0.15, 0.2) is 0 Å². The van der Waals surface area contributed by atoms with Crippen molar-refractivity contribution in [2.75, 3.05) is 0 Å². The second-order valence-electron chi connectivity index (χ2n) is 5.93. The molecule has 0 aliphatic rings. The van der Waals surface area contributed by atoms with Gasteiger partial charge in [-0.15, -0.1) is 0 Å². The Labute approximate surface area is 127 Å². The molecule has 0 atom stereocenters. The molecule has 100 valence electrons.